The van der Waals surface area contributed by atoms with Crippen molar-refractivity contribution in [3.05, 3.63) is 98.3 Å². The zero-order valence-corrected chi connectivity index (χ0v) is 17.9. The summed E-state index contributed by atoms with van der Waals surface area (Å²) in [5.74, 6) is -0.361. The molecule has 4 rings (SSSR count). The van der Waals surface area contributed by atoms with E-state index < -0.39 is 11.2 Å². The summed E-state index contributed by atoms with van der Waals surface area (Å²) in [5, 5.41) is 11.8. The number of benzene rings is 2. The van der Waals surface area contributed by atoms with Crippen LogP contribution in [0.15, 0.2) is 75.4 Å². The molecule has 0 saturated carbocycles. The lowest BCUT2D eigenvalue weighted by Gasteiger charge is -2.11. The van der Waals surface area contributed by atoms with Crippen molar-refractivity contribution < 1.29 is 5.11 Å². The first-order valence-electron chi connectivity index (χ1n) is 10.7. The molecule has 164 valence electrons. The zero-order chi connectivity index (χ0) is 22.5. The number of fused-ring (bicyclic) bond motifs is 1. The number of aliphatic imine (C=N–C) groups is 1. The summed E-state index contributed by atoms with van der Waals surface area (Å²) in [7, 11) is 0. The molecule has 0 aliphatic heterocycles. The quantitative estimate of drug-likeness (QED) is 0.373. The molecule has 0 amide bonds. The topological polar surface area (TPSA) is 103 Å². The molecule has 2 heterocycles. The Bertz CT molecular complexity index is 1350. The predicted octanol–water partition coefficient (Wildman–Crippen LogP) is 3.41. The number of para-hydroxylation sites is 1. The average molecular weight is 431 g/mol. The number of nitrogens with zero attached hydrogens (tertiary/aromatic N) is 2. The van der Waals surface area contributed by atoms with Gasteiger partial charge in [-0.15, -0.1) is 0 Å². The van der Waals surface area contributed by atoms with Gasteiger partial charge < -0.3 is 10.1 Å². The third-order valence-corrected chi connectivity index (χ3v) is 5.69. The summed E-state index contributed by atoms with van der Waals surface area (Å²) in [6, 6.07) is 17.7. The van der Waals surface area contributed by atoms with Gasteiger partial charge in [0, 0.05) is 29.9 Å². The number of aryl methyl sites for hydroxylation is 1. The molecule has 32 heavy (non-hydrogen) atoms. The van der Waals surface area contributed by atoms with E-state index in [1.54, 1.807) is 0 Å². The first-order chi connectivity index (χ1) is 15.6. The van der Waals surface area contributed by atoms with Crippen molar-refractivity contribution in [3.63, 3.8) is 0 Å². The van der Waals surface area contributed by atoms with Crippen LogP contribution in [0, 0.1) is 0 Å². The molecule has 0 bridgehead atoms. The lowest BCUT2D eigenvalue weighted by Crippen LogP contribution is -2.32. The van der Waals surface area contributed by atoms with Crippen LogP contribution in [0.2, 0.25) is 0 Å². The highest BCUT2D eigenvalue weighted by molar-refractivity contribution is 5.83. The smallest absolute Gasteiger partial charge is 0.331 e. The first-order valence-corrected chi connectivity index (χ1v) is 10.7. The predicted molar refractivity (Wildman–Crippen MR) is 127 cm³/mol. The molecule has 7 heteroatoms. The van der Waals surface area contributed by atoms with Crippen LogP contribution in [-0.2, 0) is 19.4 Å². The van der Waals surface area contributed by atoms with Crippen LogP contribution in [-0.4, -0.2) is 31.9 Å². The molecule has 2 aromatic carbocycles. The highest BCUT2D eigenvalue weighted by atomic mass is 16.3. The molecule has 0 spiro atoms. The molecule has 0 saturated heterocycles. The second kappa shape index (κ2) is 9.51. The lowest BCUT2D eigenvalue weighted by molar-refractivity contribution is 0.399. The number of aromatic nitrogens is 3. The SMILES string of the molecule is CCC(Cc1c[nH]c2ccccc12)N=Cc1c(O)n(CCc2ccccc2)c(=O)[nH]c1=O. The second-order valence-corrected chi connectivity index (χ2v) is 7.79. The summed E-state index contributed by atoms with van der Waals surface area (Å²) in [4.78, 5) is 34.7. The van der Waals surface area contributed by atoms with Gasteiger partial charge >= 0.3 is 5.69 Å². The van der Waals surface area contributed by atoms with E-state index in [0.717, 1.165) is 28.5 Å². The van der Waals surface area contributed by atoms with Gasteiger partial charge in [-0.25, -0.2) is 4.79 Å². The number of rotatable bonds is 8. The molecule has 0 aliphatic carbocycles. The van der Waals surface area contributed by atoms with E-state index >= 15 is 0 Å². The third-order valence-electron chi connectivity index (χ3n) is 5.69. The van der Waals surface area contributed by atoms with Crippen molar-refractivity contribution in [3.8, 4) is 5.88 Å². The van der Waals surface area contributed by atoms with Gasteiger partial charge in [-0.2, -0.15) is 0 Å². The highest BCUT2D eigenvalue weighted by Crippen LogP contribution is 2.21. The van der Waals surface area contributed by atoms with Crippen LogP contribution < -0.4 is 11.2 Å². The summed E-state index contributed by atoms with van der Waals surface area (Å²) in [5.41, 5.74) is 1.97. The molecule has 1 unspecified atom stereocenters. The Hall–Kier alpha value is -3.87. The summed E-state index contributed by atoms with van der Waals surface area (Å²) in [6.45, 7) is 2.28. The molecule has 0 radical (unpaired) electrons. The van der Waals surface area contributed by atoms with Crippen molar-refractivity contribution in [2.24, 2.45) is 4.99 Å². The maximum absolute atomic E-state index is 12.4. The Kier molecular flexibility index (Phi) is 6.35. The van der Waals surface area contributed by atoms with Gasteiger partial charge in [0.15, 0.2) is 0 Å². The highest BCUT2D eigenvalue weighted by Gasteiger charge is 2.14. The Morgan fingerprint density at radius 2 is 1.84 bits per heavy atom. The molecule has 4 aromatic rings. The molecule has 3 N–H and O–H groups in total. The van der Waals surface area contributed by atoms with E-state index in [1.807, 2.05) is 61.7 Å². The molecule has 0 fully saturated rings. The molecule has 1 atom stereocenters. The minimum Gasteiger partial charge on any atom is -0.494 e. The molecular weight excluding hydrogens is 404 g/mol. The van der Waals surface area contributed by atoms with Crippen LogP contribution >= 0.6 is 0 Å². The van der Waals surface area contributed by atoms with Crippen LogP contribution in [0.4, 0.5) is 0 Å². The van der Waals surface area contributed by atoms with Gasteiger partial charge in [0.05, 0.1) is 6.04 Å². The fraction of sp³-hybridized carbons (Fsp3) is 0.240. The number of nitrogens with one attached hydrogen (secondary N) is 2. The van der Waals surface area contributed by atoms with E-state index in [0.29, 0.717) is 12.8 Å². The second-order valence-electron chi connectivity index (χ2n) is 7.79. The van der Waals surface area contributed by atoms with Crippen molar-refractivity contribution in [1.29, 1.82) is 0 Å². The molecule has 2 aromatic heterocycles. The van der Waals surface area contributed by atoms with Crippen molar-refractivity contribution in [2.45, 2.75) is 38.8 Å². The lowest BCUT2D eigenvalue weighted by atomic mass is 10.0. The Balaban J connectivity index is 1.56. The van der Waals surface area contributed by atoms with Gasteiger partial charge in [-0.3, -0.25) is 19.3 Å². The number of aromatic hydroxyl groups is 1. The van der Waals surface area contributed by atoms with Crippen LogP contribution in [0.1, 0.15) is 30.0 Å². The van der Waals surface area contributed by atoms with Gasteiger partial charge in [-0.05, 0) is 36.5 Å². The van der Waals surface area contributed by atoms with E-state index in [2.05, 4.69) is 21.0 Å². The van der Waals surface area contributed by atoms with Gasteiger partial charge in [0.2, 0.25) is 5.88 Å². The van der Waals surface area contributed by atoms with Crippen molar-refractivity contribution in [1.82, 2.24) is 14.5 Å². The van der Waals surface area contributed by atoms with Gasteiger partial charge in [-0.1, -0.05) is 55.5 Å². The Morgan fingerprint density at radius 3 is 2.62 bits per heavy atom. The largest absolute Gasteiger partial charge is 0.494 e. The van der Waals surface area contributed by atoms with E-state index in [4.69, 9.17) is 0 Å². The molecule has 0 aliphatic rings. The number of hydrogen-bond donors (Lipinski definition) is 3. The van der Waals surface area contributed by atoms with Crippen molar-refractivity contribution >= 4 is 17.1 Å². The Labute approximate surface area is 185 Å². The minimum atomic E-state index is -0.644. The molecule has 7 nitrogen and oxygen atoms in total. The number of aromatic amines is 2. The van der Waals surface area contributed by atoms with Crippen LogP contribution in [0.5, 0.6) is 5.88 Å². The van der Waals surface area contributed by atoms with E-state index in [-0.39, 0.29) is 24.0 Å². The maximum Gasteiger partial charge on any atom is 0.331 e. The van der Waals surface area contributed by atoms with Crippen LogP contribution in [0.3, 0.4) is 0 Å². The van der Waals surface area contributed by atoms with Crippen molar-refractivity contribution in [2.75, 3.05) is 0 Å². The normalized spacial score (nSPS) is 12.5. The Morgan fingerprint density at radius 1 is 1.09 bits per heavy atom. The summed E-state index contributed by atoms with van der Waals surface area (Å²) < 4.78 is 1.18. The third kappa shape index (κ3) is 4.56. The van der Waals surface area contributed by atoms with E-state index in [9.17, 15) is 14.7 Å². The van der Waals surface area contributed by atoms with Crippen LogP contribution in [0.25, 0.3) is 10.9 Å². The zero-order valence-electron chi connectivity index (χ0n) is 17.9. The van der Waals surface area contributed by atoms with Gasteiger partial charge in [0.25, 0.3) is 5.56 Å². The molecular formula is C25H26N4O3. The summed E-state index contributed by atoms with van der Waals surface area (Å²) >= 11 is 0. The summed E-state index contributed by atoms with van der Waals surface area (Å²) in [6.07, 6.45) is 5.38. The minimum absolute atomic E-state index is 0.00459. The van der Waals surface area contributed by atoms with Gasteiger partial charge in [0.1, 0.15) is 5.56 Å². The average Bonchev–Trinajstić information content (AvgIpc) is 3.21. The van der Waals surface area contributed by atoms with E-state index in [1.165, 1.54) is 10.8 Å². The fourth-order valence-electron chi connectivity index (χ4n) is 3.82. The first kappa shape index (κ1) is 21.4. The maximum atomic E-state index is 12.4. The monoisotopic (exact) mass is 430 g/mol. The standard InChI is InChI=1S/C25H26N4O3/c1-2-19(14-18-15-27-22-11-7-6-10-20(18)22)26-16-21-23(30)28-25(32)29(24(21)31)13-12-17-8-4-3-5-9-17/h3-11,15-16,19,27,31H,2,12-14H2,1H3,(H,28,30,32). The fourth-order valence-corrected chi connectivity index (χ4v) is 3.82. The number of hydrogen-bond acceptors (Lipinski definition) is 4. The number of H-pyrrole nitrogens is 2.